The molecule has 3 nitrogen and oxygen atoms in total. The molecule has 0 bridgehead atoms. The zero-order valence-corrected chi connectivity index (χ0v) is 13.8. The summed E-state index contributed by atoms with van der Waals surface area (Å²) in [4.78, 5) is 17.2. The predicted molar refractivity (Wildman–Crippen MR) is 92.4 cm³/mol. The molecule has 0 fully saturated rings. The first-order chi connectivity index (χ1) is 10.8. The third kappa shape index (κ3) is 3.43. The smallest absolute Gasteiger partial charge is 0.261 e. The van der Waals surface area contributed by atoms with E-state index in [1.54, 1.807) is 11.3 Å². The lowest BCUT2D eigenvalue weighted by Crippen LogP contribution is -2.21. The van der Waals surface area contributed by atoms with Crippen LogP contribution in [0.5, 0.6) is 0 Å². The van der Waals surface area contributed by atoms with Gasteiger partial charge in [-0.15, -0.1) is 22.7 Å². The maximum Gasteiger partial charge on any atom is 0.261 e. The number of nitrogens with one attached hydrogen (secondary N) is 1. The Morgan fingerprint density at radius 2 is 2.00 bits per heavy atom. The molecule has 0 radical (unpaired) electrons. The van der Waals surface area contributed by atoms with Crippen molar-refractivity contribution in [1.82, 2.24) is 10.3 Å². The van der Waals surface area contributed by atoms with Crippen LogP contribution in [0, 0.1) is 0 Å². The van der Waals surface area contributed by atoms with E-state index in [2.05, 4.69) is 34.7 Å². The third-order valence-corrected chi connectivity index (χ3v) is 5.12. The number of benzene rings is 1. The summed E-state index contributed by atoms with van der Waals surface area (Å²) in [5.41, 5.74) is 3.34. The minimum Gasteiger partial charge on any atom is -0.347 e. The molecule has 2 heterocycles. The second-order valence-electron chi connectivity index (χ2n) is 4.85. The molecule has 0 aliphatic carbocycles. The quantitative estimate of drug-likeness (QED) is 0.756. The minimum atomic E-state index is -0.0217. The van der Waals surface area contributed by atoms with E-state index in [1.165, 1.54) is 11.3 Å². The molecule has 1 aromatic carbocycles. The van der Waals surface area contributed by atoms with Crippen LogP contribution in [0.25, 0.3) is 10.6 Å². The summed E-state index contributed by atoms with van der Waals surface area (Å²) in [6.45, 7) is 2.65. The molecule has 3 aromatic rings. The van der Waals surface area contributed by atoms with Crippen LogP contribution in [-0.2, 0) is 13.0 Å². The number of aryl methyl sites for hydroxylation is 1. The zero-order chi connectivity index (χ0) is 15.4. The number of amides is 1. The third-order valence-electron chi connectivity index (χ3n) is 3.31. The van der Waals surface area contributed by atoms with Gasteiger partial charge in [-0.3, -0.25) is 4.79 Å². The first-order valence-electron chi connectivity index (χ1n) is 7.11. The lowest BCUT2D eigenvalue weighted by Gasteiger charge is -2.04. The molecule has 1 amide bonds. The van der Waals surface area contributed by atoms with Crippen LogP contribution in [0.1, 0.15) is 27.9 Å². The fraction of sp³-hybridized carbons (Fsp3) is 0.176. The Balaban J connectivity index is 1.63. The van der Waals surface area contributed by atoms with Gasteiger partial charge in [0.2, 0.25) is 0 Å². The highest BCUT2D eigenvalue weighted by Crippen LogP contribution is 2.24. The number of thiophene rings is 1. The van der Waals surface area contributed by atoms with Crippen molar-refractivity contribution in [2.75, 3.05) is 0 Å². The molecular formula is C17H16N2OS2. The minimum absolute atomic E-state index is 0.0217. The number of carbonyl (C=O) groups excluding carboxylic acids is 1. The van der Waals surface area contributed by atoms with Gasteiger partial charge in [-0.2, -0.15) is 0 Å². The highest BCUT2D eigenvalue weighted by atomic mass is 32.1. The fourth-order valence-electron chi connectivity index (χ4n) is 2.04. The van der Waals surface area contributed by atoms with Crippen molar-refractivity contribution in [3.05, 3.63) is 63.3 Å². The first-order valence-corrected chi connectivity index (χ1v) is 8.87. The summed E-state index contributed by atoms with van der Waals surface area (Å²) < 4.78 is 0. The van der Waals surface area contributed by atoms with Gasteiger partial charge in [0, 0.05) is 17.5 Å². The molecule has 0 saturated heterocycles. The van der Waals surface area contributed by atoms with Gasteiger partial charge < -0.3 is 5.32 Å². The summed E-state index contributed by atoms with van der Waals surface area (Å²) in [5.74, 6) is -0.0217. The Bertz CT molecular complexity index is 745. The lowest BCUT2D eigenvalue weighted by molar-refractivity contribution is 0.0955. The topological polar surface area (TPSA) is 42.0 Å². The zero-order valence-electron chi connectivity index (χ0n) is 12.2. The van der Waals surface area contributed by atoms with Crippen molar-refractivity contribution in [3.63, 3.8) is 0 Å². The van der Waals surface area contributed by atoms with Crippen LogP contribution >= 0.6 is 22.7 Å². The molecule has 0 atom stereocenters. The van der Waals surface area contributed by atoms with E-state index >= 15 is 0 Å². The number of hydrogen-bond acceptors (Lipinski definition) is 4. The molecular weight excluding hydrogens is 312 g/mol. The maximum absolute atomic E-state index is 11.9. The summed E-state index contributed by atoms with van der Waals surface area (Å²) in [5, 5.41) is 7.99. The van der Waals surface area contributed by atoms with Gasteiger partial charge in [-0.25, -0.2) is 4.98 Å². The Labute approximate surface area is 137 Å². The molecule has 5 heteroatoms. The number of aromatic nitrogens is 1. The SMILES string of the molecule is CCc1csc(-c2ccc(CNC(=O)c3cccs3)cc2)n1. The van der Waals surface area contributed by atoms with Gasteiger partial charge in [0.1, 0.15) is 5.01 Å². The summed E-state index contributed by atoms with van der Waals surface area (Å²) in [6, 6.07) is 11.9. The average Bonchev–Trinajstić information content (AvgIpc) is 3.24. The number of rotatable bonds is 5. The second-order valence-corrected chi connectivity index (χ2v) is 6.66. The lowest BCUT2D eigenvalue weighted by atomic mass is 10.1. The van der Waals surface area contributed by atoms with Gasteiger partial charge in [0.15, 0.2) is 0 Å². The Morgan fingerprint density at radius 3 is 2.64 bits per heavy atom. The molecule has 0 unspecified atom stereocenters. The average molecular weight is 328 g/mol. The van der Waals surface area contributed by atoms with Crippen LogP contribution in [0.3, 0.4) is 0 Å². The van der Waals surface area contributed by atoms with Gasteiger partial charge in [-0.05, 0) is 23.4 Å². The molecule has 3 rings (SSSR count). The number of hydrogen-bond donors (Lipinski definition) is 1. The molecule has 0 aliphatic heterocycles. The number of nitrogens with zero attached hydrogens (tertiary/aromatic N) is 1. The molecule has 2 aromatic heterocycles. The van der Waals surface area contributed by atoms with Crippen molar-refractivity contribution < 1.29 is 4.79 Å². The maximum atomic E-state index is 11.9. The summed E-state index contributed by atoms with van der Waals surface area (Å²) >= 11 is 3.12. The molecule has 0 spiro atoms. The number of thiazole rings is 1. The summed E-state index contributed by atoms with van der Waals surface area (Å²) in [7, 11) is 0. The van der Waals surface area contributed by atoms with Crippen LogP contribution in [-0.4, -0.2) is 10.9 Å². The standard InChI is InChI=1S/C17H16N2OS2/c1-2-14-11-22-17(19-14)13-7-5-12(6-8-13)10-18-16(20)15-4-3-9-21-15/h3-9,11H,2,10H2,1H3,(H,18,20). The molecule has 22 heavy (non-hydrogen) atoms. The van der Waals surface area contributed by atoms with Crippen molar-refractivity contribution in [1.29, 1.82) is 0 Å². The van der Waals surface area contributed by atoms with Gasteiger partial charge in [0.05, 0.1) is 10.6 Å². The predicted octanol–water partition coefficient (Wildman–Crippen LogP) is 4.36. The Hall–Kier alpha value is -1.98. The Kier molecular flexibility index (Phi) is 4.65. The number of carbonyl (C=O) groups is 1. The van der Waals surface area contributed by atoms with Crippen LogP contribution in [0.15, 0.2) is 47.2 Å². The molecule has 0 aliphatic rings. The van der Waals surface area contributed by atoms with Crippen molar-refractivity contribution in [2.24, 2.45) is 0 Å². The van der Waals surface area contributed by atoms with Crippen LogP contribution < -0.4 is 5.32 Å². The van der Waals surface area contributed by atoms with E-state index in [0.717, 1.165) is 33.1 Å². The van der Waals surface area contributed by atoms with Crippen molar-refractivity contribution in [2.45, 2.75) is 19.9 Å². The van der Waals surface area contributed by atoms with E-state index in [4.69, 9.17) is 0 Å². The molecule has 0 saturated carbocycles. The highest BCUT2D eigenvalue weighted by molar-refractivity contribution is 7.13. The molecule has 112 valence electrons. The second kappa shape index (κ2) is 6.85. The normalized spacial score (nSPS) is 10.6. The van der Waals surface area contributed by atoms with E-state index in [9.17, 15) is 4.79 Å². The van der Waals surface area contributed by atoms with E-state index < -0.39 is 0 Å². The van der Waals surface area contributed by atoms with Crippen molar-refractivity contribution >= 4 is 28.6 Å². The van der Waals surface area contributed by atoms with Gasteiger partial charge >= 0.3 is 0 Å². The van der Waals surface area contributed by atoms with Gasteiger partial charge in [-0.1, -0.05) is 37.3 Å². The highest BCUT2D eigenvalue weighted by Gasteiger charge is 2.07. The van der Waals surface area contributed by atoms with Crippen LogP contribution in [0.4, 0.5) is 0 Å². The first kappa shape index (κ1) is 14.9. The van der Waals surface area contributed by atoms with E-state index in [0.29, 0.717) is 6.54 Å². The van der Waals surface area contributed by atoms with Crippen molar-refractivity contribution in [3.8, 4) is 10.6 Å². The Morgan fingerprint density at radius 1 is 1.18 bits per heavy atom. The van der Waals surface area contributed by atoms with Gasteiger partial charge in [0.25, 0.3) is 5.91 Å². The van der Waals surface area contributed by atoms with E-state index in [-0.39, 0.29) is 5.91 Å². The van der Waals surface area contributed by atoms with E-state index in [1.807, 2.05) is 29.6 Å². The molecule has 1 N–H and O–H groups in total. The largest absolute Gasteiger partial charge is 0.347 e. The fourth-order valence-corrected chi connectivity index (χ4v) is 3.59. The van der Waals surface area contributed by atoms with Crippen LogP contribution in [0.2, 0.25) is 0 Å². The monoisotopic (exact) mass is 328 g/mol. The summed E-state index contributed by atoms with van der Waals surface area (Å²) in [6.07, 6.45) is 0.962.